The Hall–Kier alpha value is -3.23. The van der Waals surface area contributed by atoms with E-state index >= 15 is 0 Å². The van der Waals surface area contributed by atoms with E-state index in [0.29, 0.717) is 17.1 Å². The lowest BCUT2D eigenvalue weighted by Gasteiger charge is -2.08. The molecule has 0 aliphatic rings. The van der Waals surface area contributed by atoms with Crippen LogP contribution in [0.4, 0.5) is 19.0 Å². The highest BCUT2D eigenvalue weighted by Gasteiger charge is 2.35. The van der Waals surface area contributed by atoms with Gasteiger partial charge in [0.2, 0.25) is 5.91 Å². The molecule has 25 heavy (non-hydrogen) atoms. The molecule has 0 aromatic carbocycles. The summed E-state index contributed by atoms with van der Waals surface area (Å²) in [5, 5.41) is 6.14. The molecule has 0 spiro atoms. The number of carbonyl (C=O) groups is 1. The van der Waals surface area contributed by atoms with Gasteiger partial charge in [-0.15, -0.1) is 0 Å². The van der Waals surface area contributed by atoms with E-state index in [0.717, 1.165) is 10.7 Å². The maximum atomic E-state index is 13.1. The zero-order valence-corrected chi connectivity index (χ0v) is 12.9. The van der Waals surface area contributed by atoms with Crippen LogP contribution < -0.4 is 5.32 Å². The molecule has 0 aliphatic carbocycles. The molecular formula is C16H12F3N5O. The molecule has 3 heterocycles. The molecule has 0 saturated heterocycles. The van der Waals surface area contributed by atoms with Crippen LogP contribution in [0.15, 0.2) is 48.9 Å². The first-order chi connectivity index (χ1) is 11.8. The van der Waals surface area contributed by atoms with Gasteiger partial charge < -0.3 is 5.32 Å². The van der Waals surface area contributed by atoms with Crippen molar-refractivity contribution in [3.8, 4) is 16.9 Å². The van der Waals surface area contributed by atoms with Gasteiger partial charge in [0.15, 0.2) is 5.69 Å². The number of carbonyl (C=O) groups excluding carboxylic acids is 1. The van der Waals surface area contributed by atoms with Crippen molar-refractivity contribution < 1.29 is 18.0 Å². The highest BCUT2D eigenvalue weighted by Crippen LogP contribution is 2.32. The van der Waals surface area contributed by atoms with Gasteiger partial charge in [0.05, 0.1) is 17.6 Å². The number of rotatable bonds is 3. The van der Waals surface area contributed by atoms with Crippen LogP contribution in [0.1, 0.15) is 12.6 Å². The molecule has 0 bridgehead atoms. The summed E-state index contributed by atoms with van der Waals surface area (Å²) in [4.78, 5) is 19.0. The quantitative estimate of drug-likeness (QED) is 0.789. The normalized spacial score (nSPS) is 11.4. The lowest BCUT2D eigenvalue weighted by molar-refractivity contribution is -0.141. The number of amides is 1. The zero-order chi connectivity index (χ0) is 18.0. The van der Waals surface area contributed by atoms with Crippen molar-refractivity contribution in [3.63, 3.8) is 0 Å². The number of alkyl halides is 3. The van der Waals surface area contributed by atoms with E-state index in [-0.39, 0.29) is 11.6 Å². The van der Waals surface area contributed by atoms with Gasteiger partial charge in [-0.05, 0) is 30.3 Å². The van der Waals surface area contributed by atoms with Crippen molar-refractivity contribution in [1.29, 1.82) is 0 Å². The average Bonchev–Trinajstić information content (AvgIpc) is 3.01. The number of hydrogen-bond acceptors (Lipinski definition) is 4. The molecule has 6 nitrogen and oxygen atoms in total. The minimum atomic E-state index is -4.58. The molecular weight excluding hydrogens is 335 g/mol. The van der Waals surface area contributed by atoms with E-state index in [4.69, 9.17) is 0 Å². The van der Waals surface area contributed by atoms with Crippen LogP contribution in [0.5, 0.6) is 0 Å². The SMILES string of the molecule is CC(=O)Nc1ccc(-n2nc(C(F)(F)F)cc2-c2cccnc2)cn1. The van der Waals surface area contributed by atoms with Crippen LogP contribution in [0.2, 0.25) is 0 Å². The number of pyridine rings is 2. The molecule has 1 amide bonds. The van der Waals surface area contributed by atoms with Gasteiger partial charge in [-0.3, -0.25) is 9.78 Å². The topological polar surface area (TPSA) is 72.7 Å². The summed E-state index contributed by atoms with van der Waals surface area (Å²) in [7, 11) is 0. The number of nitrogens with one attached hydrogen (secondary N) is 1. The maximum absolute atomic E-state index is 13.1. The molecule has 0 atom stereocenters. The van der Waals surface area contributed by atoms with E-state index in [9.17, 15) is 18.0 Å². The highest BCUT2D eigenvalue weighted by atomic mass is 19.4. The van der Waals surface area contributed by atoms with Crippen LogP contribution in [0, 0.1) is 0 Å². The standard InChI is InChI=1S/C16H12F3N5O/c1-10(25)22-15-5-4-12(9-21-15)24-13(11-3-2-6-20-8-11)7-14(23-24)16(17,18)19/h2-9H,1H3,(H,21,22,25). The largest absolute Gasteiger partial charge is 0.435 e. The Morgan fingerprint density at radius 3 is 2.56 bits per heavy atom. The summed E-state index contributed by atoms with van der Waals surface area (Å²) in [5.74, 6) is -0.00266. The van der Waals surface area contributed by atoms with E-state index < -0.39 is 11.9 Å². The predicted octanol–water partition coefficient (Wildman–Crippen LogP) is 3.31. The molecule has 9 heteroatoms. The lowest BCUT2D eigenvalue weighted by Crippen LogP contribution is -2.09. The molecule has 0 fully saturated rings. The second-order valence-corrected chi connectivity index (χ2v) is 5.15. The van der Waals surface area contributed by atoms with Crippen LogP contribution in [-0.4, -0.2) is 25.7 Å². The van der Waals surface area contributed by atoms with Crippen molar-refractivity contribution in [2.75, 3.05) is 5.32 Å². The third-order valence-electron chi connectivity index (χ3n) is 3.25. The lowest BCUT2D eigenvalue weighted by atomic mass is 10.2. The van der Waals surface area contributed by atoms with Gasteiger partial charge in [0.25, 0.3) is 0 Å². The molecule has 0 aliphatic heterocycles. The molecule has 3 aromatic heterocycles. The van der Waals surface area contributed by atoms with Crippen molar-refractivity contribution >= 4 is 11.7 Å². The Bertz CT molecular complexity index is 888. The minimum Gasteiger partial charge on any atom is -0.311 e. The first kappa shape index (κ1) is 16.6. The molecule has 128 valence electrons. The van der Waals surface area contributed by atoms with E-state index in [1.807, 2.05) is 0 Å². The minimum absolute atomic E-state index is 0.231. The Morgan fingerprint density at radius 2 is 2.00 bits per heavy atom. The van der Waals surface area contributed by atoms with E-state index in [1.54, 1.807) is 12.1 Å². The maximum Gasteiger partial charge on any atom is 0.435 e. The third kappa shape index (κ3) is 3.65. The van der Waals surface area contributed by atoms with Crippen molar-refractivity contribution in [2.24, 2.45) is 0 Å². The van der Waals surface area contributed by atoms with Crippen LogP contribution >= 0.6 is 0 Å². The van der Waals surface area contributed by atoms with Gasteiger partial charge in [-0.25, -0.2) is 9.67 Å². The van der Waals surface area contributed by atoms with Crippen LogP contribution in [0.3, 0.4) is 0 Å². The molecule has 0 saturated carbocycles. The summed E-state index contributed by atoms with van der Waals surface area (Å²) < 4.78 is 40.3. The number of halogens is 3. The molecule has 1 N–H and O–H groups in total. The Labute approximate surface area is 140 Å². The number of aromatic nitrogens is 4. The second kappa shape index (κ2) is 6.34. The van der Waals surface area contributed by atoms with Gasteiger partial charge in [0, 0.05) is 24.9 Å². The fraction of sp³-hybridized carbons (Fsp3) is 0.125. The second-order valence-electron chi connectivity index (χ2n) is 5.15. The smallest absolute Gasteiger partial charge is 0.311 e. The number of hydrogen-bond donors (Lipinski definition) is 1. The van der Waals surface area contributed by atoms with E-state index in [2.05, 4.69) is 20.4 Å². The van der Waals surface area contributed by atoms with E-state index in [1.165, 1.54) is 37.6 Å². The van der Waals surface area contributed by atoms with Crippen molar-refractivity contribution in [1.82, 2.24) is 19.7 Å². The zero-order valence-electron chi connectivity index (χ0n) is 12.9. The van der Waals surface area contributed by atoms with Crippen molar-refractivity contribution in [2.45, 2.75) is 13.1 Å². The first-order valence-electron chi connectivity index (χ1n) is 7.16. The van der Waals surface area contributed by atoms with Crippen LogP contribution in [0.25, 0.3) is 16.9 Å². The molecule has 3 rings (SSSR count). The fourth-order valence-electron chi connectivity index (χ4n) is 2.20. The van der Waals surface area contributed by atoms with Gasteiger partial charge in [0.1, 0.15) is 5.82 Å². The fourth-order valence-corrected chi connectivity index (χ4v) is 2.20. The van der Waals surface area contributed by atoms with Gasteiger partial charge >= 0.3 is 6.18 Å². The summed E-state index contributed by atoms with van der Waals surface area (Å²) in [6, 6.07) is 7.22. The Morgan fingerprint density at radius 1 is 1.20 bits per heavy atom. The number of nitrogens with zero attached hydrogens (tertiary/aromatic N) is 4. The predicted molar refractivity (Wildman–Crippen MR) is 83.9 cm³/mol. The van der Waals surface area contributed by atoms with Gasteiger partial charge in [-0.1, -0.05) is 0 Å². The summed E-state index contributed by atoms with van der Waals surface area (Å²) in [6.07, 6.45) is -0.268. The first-order valence-corrected chi connectivity index (χ1v) is 7.16. The Kier molecular flexibility index (Phi) is 4.22. The monoisotopic (exact) mass is 347 g/mol. The molecule has 0 radical (unpaired) electrons. The summed E-state index contributed by atoms with van der Waals surface area (Å²) >= 11 is 0. The van der Waals surface area contributed by atoms with Crippen LogP contribution in [-0.2, 0) is 11.0 Å². The molecule has 3 aromatic rings. The molecule has 0 unspecified atom stereocenters. The highest BCUT2D eigenvalue weighted by molar-refractivity contribution is 5.87. The van der Waals surface area contributed by atoms with Crippen molar-refractivity contribution in [3.05, 3.63) is 54.6 Å². The van der Waals surface area contributed by atoms with Gasteiger partial charge in [-0.2, -0.15) is 18.3 Å². The number of anilines is 1. The average molecular weight is 347 g/mol. The summed E-state index contributed by atoms with van der Waals surface area (Å²) in [6.45, 7) is 1.33. The summed E-state index contributed by atoms with van der Waals surface area (Å²) in [5.41, 5.74) is 0.0201. The Balaban J connectivity index is 2.08. The third-order valence-corrected chi connectivity index (χ3v) is 3.25.